The minimum absolute atomic E-state index is 0.350. The summed E-state index contributed by atoms with van der Waals surface area (Å²) in [5.74, 6) is 0. The molecule has 1 saturated carbocycles. The van der Waals surface area contributed by atoms with Crippen molar-refractivity contribution in [2.24, 2.45) is 0 Å². The van der Waals surface area contributed by atoms with Crippen LogP contribution in [0, 0.1) is 6.92 Å². The minimum Gasteiger partial charge on any atom is -0.397 e. The third-order valence-electron chi connectivity index (χ3n) is 6.52. The van der Waals surface area contributed by atoms with Crippen molar-refractivity contribution < 1.29 is 4.74 Å². The molecule has 2 fully saturated rings. The molecule has 0 radical (unpaired) electrons. The SMILES string of the molecule is CCCOC1CCC(C)(N2CCC(Nc3cc(Br)c(C)cc3N)CC2)CC1. The van der Waals surface area contributed by atoms with Gasteiger partial charge in [0.05, 0.1) is 17.5 Å². The summed E-state index contributed by atoms with van der Waals surface area (Å²) < 4.78 is 7.10. The van der Waals surface area contributed by atoms with Gasteiger partial charge in [0.25, 0.3) is 0 Å². The van der Waals surface area contributed by atoms with Crippen molar-refractivity contribution >= 4 is 27.3 Å². The van der Waals surface area contributed by atoms with Gasteiger partial charge in [-0.05, 0) is 76.5 Å². The number of rotatable bonds is 6. The molecule has 1 aliphatic carbocycles. The van der Waals surface area contributed by atoms with Gasteiger partial charge in [-0.15, -0.1) is 0 Å². The Bertz CT molecular complexity index is 620. The van der Waals surface area contributed by atoms with Gasteiger partial charge in [0.15, 0.2) is 0 Å². The zero-order valence-corrected chi connectivity index (χ0v) is 18.8. The summed E-state index contributed by atoms with van der Waals surface area (Å²) in [7, 11) is 0. The number of nitrogens with one attached hydrogen (secondary N) is 1. The Morgan fingerprint density at radius 3 is 2.52 bits per heavy atom. The summed E-state index contributed by atoms with van der Waals surface area (Å²) in [5, 5.41) is 3.68. The maximum Gasteiger partial charge on any atom is 0.0587 e. The third-order valence-corrected chi connectivity index (χ3v) is 7.37. The number of likely N-dealkylation sites (tertiary alicyclic amines) is 1. The topological polar surface area (TPSA) is 50.5 Å². The van der Waals surface area contributed by atoms with Crippen molar-refractivity contribution in [3.8, 4) is 0 Å². The molecule has 0 unspecified atom stereocenters. The van der Waals surface area contributed by atoms with Crippen molar-refractivity contribution in [3.05, 3.63) is 22.2 Å². The van der Waals surface area contributed by atoms with E-state index in [4.69, 9.17) is 10.5 Å². The molecule has 5 heteroatoms. The first kappa shape index (κ1) is 20.9. The number of hydrogen-bond acceptors (Lipinski definition) is 4. The number of nitrogen functional groups attached to an aromatic ring is 1. The molecule has 3 N–H and O–H groups in total. The highest BCUT2D eigenvalue weighted by Gasteiger charge is 2.38. The molecular formula is C22H36BrN3O. The lowest BCUT2D eigenvalue weighted by molar-refractivity contribution is -0.0277. The van der Waals surface area contributed by atoms with Crippen LogP contribution in [0.25, 0.3) is 0 Å². The second-order valence-electron chi connectivity index (χ2n) is 8.66. The predicted molar refractivity (Wildman–Crippen MR) is 118 cm³/mol. The Morgan fingerprint density at radius 2 is 1.89 bits per heavy atom. The fourth-order valence-electron chi connectivity index (χ4n) is 4.59. The molecule has 1 saturated heterocycles. The van der Waals surface area contributed by atoms with Crippen LogP contribution < -0.4 is 11.1 Å². The zero-order valence-electron chi connectivity index (χ0n) is 17.2. The quantitative estimate of drug-likeness (QED) is 0.589. The van der Waals surface area contributed by atoms with E-state index in [1.54, 1.807) is 0 Å². The minimum atomic E-state index is 0.350. The first-order valence-electron chi connectivity index (χ1n) is 10.6. The summed E-state index contributed by atoms with van der Waals surface area (Å²) in [6.07, 6.45) is 8.91. The normalized spacial score (nSPS) is 27.6. The Labute approximate surface area is 173 Å². The molecule has 2 aliphatic rings. The molecule has 0 aromatic heterocycles. The largest absolute Gasteiger partial charge is 0.397 e. The molecule has 1 aromatic carbocycles. The maximum atomic E-state index is 6.21. The Hall–Kier alpha value is -0.780. The summed E-state index contributed by atoms with van der Waals surface area (Å²) >= 11 is 3.62. The third kappa shape index (κ3) is 5.18. The van der Waals surface area contributed by atoms with Crippen LogP contribution in [0.2, 0.25) is 0 Å². The average Bonchev–Trinajstić information content (AvgIpc) is 2.66. The summed E-state index contributed by atoms with van der Waals surface area (Å²) in [4.78, 5) is 2.73. The van der Waals surface area contributed by atoms with E-state index in [0.29, 0.717) is 17.7 Å². The second-order valence-corrected chi connectivity index (χ2v) is 9.52. The Balaban J connectivity index is 1.50. The van der Waals surface area contributed by atoms with Crippen LogP contribution in [0.1, 0.15) is 64.4 Å². The number of aryl methyl sites for hydroxylation is 1. The van der Waals surface area contributed by atoms with Crippen molar-refractivity contribution in [1.82, 2.24) is 4.90 Å². The van der Waals surface area contributed by atoms with Gasteiger partial charge < -0.3 is 15.8 Å². The highest BCUT2D eigenvalue weighted by atomic mass is 79.9. The molecule has 152 valence electrons. The van der Waals surface area contributed by atoms with E-state index in [1.165, 1.54) is 57.2 Å². The lowest BCUT2D eigenvalue weighted by Crippen LogP contribution is -2.53. The van der Waals surface area contributed by atoms with E-state index in [0.717, 1.165) is 28.9 Å². The van der Waals surface area contributed by atoms with Crippen molar-refractivity contribution in [1.29, 1.82) is 0 Å². The van der Waals surface area contributed by atoms with Crippen LogP contribution in [-0.4, -0.2) is 42.3 Å². The lowest BCUT2D eigenvalue weighted by atomic mass is 9.79. The Kier molecular flexibility index (Phi) is 7.09. The average molecular weight is 438 g/mol. The fourth-order valence-corrected chi connectivity index (χ4v) is 4.94. The standard InChI is InChI=1S/C22H36BrN3O/c1-4-13-27-18-5-9-22(3,10-6-18)26-11-7-17(8-12-26)25-21-15-19(23)16(2)14-20(21)24/h14-15,17-18,25H,4-13,24H2,1-3H3. The number of hydrogen-bond donors (Lipinski definition) is 2. The number of anilines is 2. The number of nitrogens with two attached hydrogens (primary N) is 1. The van der Waals surface area contributed by atoms with E-state index < -0.39 is 0 Å². The number of halogens is 1. The van der Waals surface area contributed by atoms with Crippen LogP contribution in [0.4, 0.5) is 11.4 Å². The summed E-state index contributed by atoms with van der Waals surface area (Å²) in [5.41, 5.74) is 9.65. The molecule has 0 atom stereocenters. The zero-order chi connectivity index (χ0) is 19.4. The molecule has 1 heterocycles. The van der Waals surface area contributed by atoms with Crippen LogP contribution in [0.5, 0.6) is 0 Å². The maximum absolute atomic E-state index is 6.21. The number of nitrogens with zero attached hydrogens (tertiary/aromatic N) is 1. The molecule has 1 aliphatic heterocycles. The van der Waals surface area contributed by atoms with Gasteiger partial charge in [0.2, 0.25) is 0 Å². The molecule has 3 rings (SSSR count). The molecule has 0 amide bonds. The van der Waals surface area contributed by atoms with Crippen molar-refractivity contribution in [2.45, 2.75) is 83.4 Å². The first-order chi connectivity index (χ1) is 12.9. The number of piperidine rings is 1. The fraction of sp³-hybridized carbons (Fsp3) is 0.727. The smallest absolute Gasteiger partial charge is 0.0587 e. The molecule has 27 heavy (non-hydrogen) atoms. The summed E-state index contributed by atoms with van der Waals surface area (Å²) in [6.45, 7) is 9.98. The van der Waals surface area contributed by atoms with Crippen LogP contribution in [-0.2, 0) is 4.74 Å². The van der Waals surface area contributed by atoms with E-state index in [-0.39, 0.29) is 0 Å². The number of benzene rings is 1. The van der Waals surface area contributed by atoms with Gasteiger partial charge in [-0.2, -0.15) is 0 Å². The highest BCUT2D eigenvalue weighted by Crippen LogP contribution is 2.37. The molecule has 1 aromatic rings. The van der Waals surface area contributed by atoms with Crippen molar-refractivity contribution in [3.63, 3.8) is 0 Å². The molecule has 0 bridgehead atoms. The Morgan fingerprint density at radius 1 is 1.22 bits per heavy atom. The van der Waals surface area contributed by atoms with Gasteiger partial charge in [0, 0.05) is 35.7 Å². The predicted octanol–water partition coefficient (Wildman–Crippen LogP) is 5.34. The van der Waals surface area contributed by atoms with E-state index in [1.807, 2.05) is 6.07 Å². The van der Waals surface area contributed by atoms with E-state index in [2.05, 4.69) is 53.0 Å². The lowest BCUT2D eigenvalue weighted by Gasteiger charge is -2.48. The summed E-state index contributed by atoms with van der Waals surface area (Å²) in [6, 6.07) is 4.67. The van der Waals surface area contributed by atoms with Crippen LogP contribution >= 0.6 is 15.9 Å². The highest BCUT2D eigenvalue weighted by molar-refractivity contribution is 9.10. The molecular weight excluding hydrogens is 402 g/mol. The second kappa shape index (κ2) is 9.15. The molecule has 4 nitrogen and oxygen atoms in total. The van der Waals surface area contributed by atoms with Crippen LogP contribution in [0.3, 0.4) is 0 Å². The molecule has 0 spiro atoms. The number of ether oxygens (including phenoxy) is 1. The van der Waals surface area contributed by atoms with Gasteiger partial charge in [-0.25, -0.2) is 0 Å². The van der Waals surface area contributed by atoms with Crippen LogP contribution in [0.15, 0.2) is 16.6 Å². The van der Waals surface area contributed by atoms with E-state index >= 15 is 0 Å². The monoisotopic (exact) mass is 437 g/mol. The van der Waals surface area contributed by atoms with Gasteiger partial charge in [-0.3, -0.25) is 4.90 Å². The van der Waals surface area contributed by atoms with Gasteiger partial charge in [0.1, 0.15) is 0 Å². The van der Waals surface area contributed by atoms with Gasteiger partial charge in [-0.1, -0.05) is 22.9 Å². The van der Waals surface area contributed by atoms with E-state index in [9.17, 15) is 0 Å². The van der Waals surface area contributed by atoms with Crippen molar-refractivity contribution in [2.75, 3.05) is 30.7 Å². The first-order valence-corrected chi connectivity index (χ1v) is 11.4. The van der Waals surface area contributed by atoms with Gasteiger partial charge >= 0.3 is 0 Å².